The fraction of sp³-hybridized carbons (Fsp3) is 0.444. The molecule has 12 heteroatoms. The maximum absolute atomic E-state index is 14.1. The first kappa shape index (κ1) is 34.9. The first-order valence-electron chi connectivity index (χ1n) is 16.2. The Morgan fingerprint density at radius 1 is 1.04 bits per heavy atom. The molecule has 0 unspecified atom stereocenters. The van der Waals surface area contributed by atoms with E-state index in [1.165, 1.54) is 6.20 Å². The Labute approximate surface area is 277 Å². The third-order valence-corrected chi connectivity index (χ3v) is 9.00. The minimum absolute atomic E-state index is 0.0586. The number of aromatic nitrogens is 3. The van der Waals surface area contributed by atoms with Gasteiger partial charge in [-0.2, -0.15) is 13.2 Å². The summed E-state index contributed by atoms with van der Waals surface area (Å²) in [7, 11) is 0. The SMILES string of the molecule is Cc1cc(C)c(-c2cc([C@H](CC(=O)O)NC(=O)[C@@H](CC(C)C)n3cc(CCN4CCC4)c(C(F)(F)F)cc3=O)cn3ccnc23)c(C)c1. The second kappa shape index (κ2) is 14.0. The van der Waals surface area contributed by atoms with Crippen molar-refractivity contribution in [1.29, 1.82) is 0 Å². The number of carboxylic acids is 1. The van der Waals surface area contributed by atoms with E-state index in [1.807, 2.05) is 45.6 Å². The second-order valence-corrected chi connectivity index (χ2v) is 13.3. The minimum atomic E-state index is -4.73. The lowest BCUT2D eigenvalue weighted by Gasteiger charge is -2.31. The number of carboxylic acid groups (broad SMARTS) is 1. The largest absolute Gasteiger partial charge is 0.481 e. The number of fused-ring (bicyclic) bond motifs is 1. The number of amides is 1. The van der Waals surface area contributed by atoms with Gasteiger partial charge in [0, 0.05) is 43.0 Å². The number of aliphatic carboxylic acids is 1. The Morgan fingerprint density at radius 2 is 1.73 bits per heavy atom. The van der Waals surface area contributed by atoms with Gasteiger partial charge in [0.05, 0.1) is 18.0 Å². The van der Waals surface area contributed by atoms with Crippen LogP contribution >= 0.6 is 0 Å². The number of hydrogen-bond acceptors (Lipinski definition) is 5. The van der Waals surface area contributed by atoms with Crippen molar-refractivity contribution in [3.63, 3.8) is 0 Å². The van der Waals surface area contributed by atoms with E-state index in [1.54, 1.807) is 23.0 Å². The molecule has 0 bridgehead atoms. The topological polar surface area (TPSA) is 109 Å². The molecule has 1 fully saturated rings. The molecule has 4 heterocycles. The number of nitrogens with zero attached hydrogens (tertiary/aromatic N) is 4. The lowest BCUT2D eigenvalue weighted by molar-refractivity contribution is -0.139. The number of carbonyl (C=O) groups is 2. The number of rotatable bonds is 12. The van der Waals surface area contributed by atoms with Crippen LogP contribution in [0.15, 0.2) is 53.8 Å². The molecule has 2 atom stereocenters. The number of likely N-dealkylation sites (tertiary alicyclic amines) is 1. The summed E-state index contributed by atoms with van der Waals surface area (Å²) in [4.78, 5) is 46.1. The highest BCUT2D eigenvalue weighted by Gasteiger charge is 2.36. The van der Waals surface area contributed by atoms with Crippen LogP contribution in [0.2, 0.25) is 0 Å². The smallest absolute Gasteiger partial charge is 0.416 e. The van der Waals surface area contributed by atoms with E-state index in [2.05, 4.69) is 22.4 Å². The van der Waals surface area contributed by atoms with Crippen LogP contribution < -0.4 is 10.9 Å². The van der Waals surface area contributed by atoms with Crippen molar-refractivity contribution in [1.82, 2.24) is 24.2 Å². The summed E-state index contributed by atoms with van der Waals surface area (Å²) < 4.78 is 45.0. The third kappa shape index (κ3) is 7.64. The van der Waals surface area contributed by atoms with Gasteiger partial charge in [0.25, 0.3) is 5.56 Å². The summed E-state index contributed by atoms with van der Waals surface area (Å²) in [6.07, 6.45) is 2.27. The molecule has 4 aromatic rings. The monoisotopic (exact) mass is 665 g/mol. The first-order valence-corrected chi connectivity index (χ1v) is 16.2. The molecule has 1 aliphatic rings. The highest BCUT2D eigenvalue weighted by molar-refractivity contribution is 5.84. The van der Waals surface area contributed by atoms with Crippen LogP contribution in [-0.2, 0) is 22.2 Å². The van der Waals surface area contributed by atoms with E-state index in [0.29, 0.717) is 23.8 Å². The molecule has 0 radical (unpaired) electrons. The van der Waals surface area contributed by atoms with E-state index < -0.39 is 47.7 Å². The summed E-state index contributed by atoms with van der Waals surface area (Å²) in [6.45, 7) is 11.7. The molecule has 0 saturated carbocycles. The van der Waals surface area contributed by atoms with Gasteiger partial charge in [0.15, 0.2) is 0 Å². The minimum Gasteiger partial charge on any atom is -0.481 e. The van der Waals surface area contributed by atoms with Crippen molar-refractivity contribution >= 4 is 17.5 Å². The Morgan fingerprint density at radius 3 is 2.31 bits per heavy atom. The van der Waals surface area contributed by atoms with Crippen LogP contribution in [0.25, 0.3) is 16.8 Å². The number of aryl methyl sites for hydroxylation is 3. The van der Waals surface area contributed by atoms with Crippen molar-refractivity contribution in [2.24, 2.45) is 5.92 Å². The molecular weight excluding hydrogens is 623 g/mol. The number of nitrogens with one attached hydrogen (secondary N) is 1. The van der Waals surface area contributed by atoms with E-state index in [0.717, 1.165) is 51.9 Å². The zero-order chi connectivity index (χ0) is 34.9. The zero-order valence-corrected chi connectivity index (χ0v) is 27.9. The van der Waals surface area contributed by atoms with Gasteiger partial charge in [-0.05, 0) is 92.9 Å². The molecular formula is C36H42F3N5O4. The molecule has 5 rings (SSSR count). The van der Waals surface area contributed by atoms with Crippen LogP contribution in [0.5, 0.6) is 0 Å². The maximum Gasteiger partial charge on any atom is 0.416 e. The summed E-state index contributed by atoms with van der Waals surface area (Å²) in [5.41, 5.74) is 3.99. The quantitative estimate of drug-likeness (QED) is 0.185. The molecule has 3 aromatic heterocycles. The van der Waals surface area contributed by atoms with E-state index >= 15 is 0 Å². The van der Waals surface area contributed by atoms with Gasteiger partial charge in [0.2, 0.25) is 5.91 Å². The standard InChI is InChI=1S/C36H42F3N5O4/c1-21(2)13-30(44-20-25(7-11-42-9-6-10-42)28(17-31(44)45)36(37,38)39)35(48)41-29(18-32(46)47)26-16-27(34-40-8-12-43(34)19-26)33-23(4)14-22(3)15-24(33)5/h8,12,14-17,19-21,29-30H,6-7,9-11,13,18H2,1-5H3,(H,41,48)(H,46,47)/t29-,30+/m0/s1. The predicted octanol–water partition coefficient (Wildman–Crippen LogP) is 6.27. The normalized spacial score (nSPS) is 15.0. The predicted molar refractivity (Wildman–Crippen MR) is 177 cm³/mol. The molecule has 2 N–H and O–H groups in total. The molecule has 0 aliphatic carbocycles. The average Bonchev–Trinajstić information content (AvgIpc) is 3.43. The first-order chi connectivity index (χ1) is 22.6. The van der Waals surface area contributed by atoms with Crippen molar-refractivity contribution in [2.45, 2.75) is 78.6 Å². The average molecular weight is 666 g/mol. The lowest BCUT2D eigenvalue weighted by atomic mass is 9.92. The number of imidazole rings is 1. The summed E-state index contributed by atoms with van der Waals surface area (Å²) in [5.74, 6) is -1.92. The number of benzene rings is 1. The number of hydrogen-bond donors (Lipinski definition) is 2. The van der Waals surface area contributed by atoms with Crippen molar-refractivity contribution in [2.75, 3.05) is 19.6 Å². The molecule has 1 aliphatic heterocycles. The lowest BCUT2D eigenvalue weighted by Crippen LogP contribution is -2.41. The number of alkyl halides is 3. The van der Waals surface area contributed by atoms with Gasteiger partial charge in [-0.3, -0.25) is 14.4 Å². The molecule has 48 heavy (non-hydrogen) atoms. The molecule has 1 saturated heterocycles. The van der Waals surface area contributed by atoms with Crippen LogP contribution in [0.4, 0.5) is 13.2 Å². The molecule has 0 spiro atoms. The summed E-state index contributed by atoms with van der Waals surface area (Å²) in [5, 5.41) is 12.8. The Balaban J connectivity index is 1.56. The van der Waals surface area contributed by atoms with Crippen LogP contribution in [0.3, 0.4) is 0 Å². The Hall–Kier alpha value is -4.45. The van der Waals surface area contributed by atoms with Gasteiger partial charge in [0.1, 0.15) is 11.7 Å². The van der Waals surface area contributed by atoms with E-state index in [9.17, 15) is 32.7 Å². The number of pyridine rings is 2. The van der Waals surface area contributed by atoms with Gasteiger partial charge in [-0.1, -0.05) is 31.5 Å². The van der Waals surface area contributed by atoms with E-state index in [4.69, 9.17) is 0 Å². The molecule has 256 valence electrons. The zero-order valence-electron chi connectivity index (χ0n) is 27.9. The van der Waals surface area contributed by atoms with Gasteiger partial charge in [-0.25, -0.2) is 4.98 Å². The third-order valence-electron chi connectivity index (χ3n) is 9.00. The fourth-order valence-electron chi connectivity index (χ4n) is 6.70. The van der Waals surface area contributed by atoms with E-state index in [-0.39, 0.29) is 24.3 Å². The summed E-state index contributed by atoms with van der Waals surface area (Å²) >= 11 is 0. The Kier molecular flexibility index (Phi) is 10.1. The van der Waals surface area contributed by atoms with Gasteiger partial charge < -0.3 is 24.3 Å². The van der Waals surface area contributed by atoms with Gasteiger partial charge in [-0.15, -0.1) is 0 Å². The van der Waals surface area contributed by atoms with Crippen molar-refractivity contribution < 1.29 is 27.9 Å². The van der Waals surface area contributed by atoms with Crippen LogP contribution in [0, 0.1) is 26.7 Å². The van der Waals surface area contributed by atoms with Crippen LogP contribution in [0.1, 0.15) is 78.6 Å². The second-order valence-electron chi connectivity index (χ2n) is 13.3. The Bertz CT molecular complexity index is 1870. The summed E-state index contributed by atoms with van der Waals surface area (Å²) in [6, 6.07) is 4.33. The number of carbonyl (C=O) groups excluding carboxylic acids is 1. The fourth-order valence-corrected chi connectivity index (χ4v) is 6.70. The molecule has 9 nitrogen and oxygen atoms in total. The van der Waals surface area contributed by atoms with Crippen LogP contribution in [-0.4, -0.2) is 55.5 Å². The van der Waals surface area contributed by atoms with Crippen molar-refractivity contribution in [3.05, 3.63) is 92.8 Å². The van der Waals surface area contributed by atoms with Gasteiger partial charge >= 0.3 is 12.1 Å². The highest BCUT2D eigenvalue weighted by atomic mass is 19.4. The molecule has 1 amide bonds. The highest BCUT2D eigenvalue weighted by Crippen LogP contribution is 2.35. The molecule has 1 aromatic carbocycles. The van der Waals surface area contributed by atoms with Crippen molar-refractivity contribution in [3.8, 4) is 11.1 Å². The maximum atomic E-state index is 14.1. The number of halogens is 3.